The van der Waals surface area contributed by atoms with Gasteiger partial charge in [-0.15, -0.1) is 4.72 Å². The Bertz CT molecular complexity index is 982. The van der Waals surface area contributed by atoms with E-state index in [1.807, 2.05) is 18.5 Å². The zero-order valence-corrected chi connectivity index (χ0v) is 17.0. The Hall–Kier alpha value is -1.61. The fraction of sp³-hybridized carbons (Fsp3) is 0.600. The minimum atomic E-state index is -0.655. The van der Waals surface area contributed by atoms with Crippen molar-refractivity contribution in [1.82, 2.24) is 24.1 Å². The van der Waals surface area contributed by atoms with E-state index in [0.29, 0.717) is 29.5 Å². The molecule has 0 bridgehead atoms. The van der Waals surface area contributed by atoms with Crippen LogP contribution in [0.2, 0.25) is 0 Å². The molecule has 0 aliphatic heterocycles. The van der Waals surface area contributed by atoms with Crippen molar-refractivity contribution >= 4 is 28.0 Å². The van der Waals surface area contributed by atoms with E-state index >= 15 is 0 Å². The van der Waals surface area contributed by atoms with Gasteiger partial charge in [0.15, 0.2) is 10.9 Å². The summed E-state index contributed by atoms with van der Waals surface area (Å²) in [6.07, 6.45) is 9.76. The van der Waals surface area contributed by atoms with Crippen LogP contribution in [0.3, 0.4) is 0 Å². The molecule has 28 heavy (non-hydrogen) atoms. The summed E-state index contributed by atoms with van der Waals surface area (Å²) in [6.45, 7) is 2.33. The number of rotatable bonds is 7. The van der Waals surface area contributed by atoms with Crippen molar-refractivity contribution < 1.29 is 9.66 Å². The Morgan fingerprint density at radius 2 is 2.18 bits per heavy atom. The molecule has 150 valence electrons. The number of aromatic nitrogens is 4. The normalized spacial score (nSPS) is 26.5. The van der Waals surface area contributed by atoms with E-state index in [1.165, 1.54) is 0 Å². The third-order valence-corrected chi connectivity index (χ3v) is 7.98. The van der Waals surface area contributed by atoms with E-state index in [9.17, 15) is 9.66 Å². The summed E-state index contributed by atoms with van der Waals surface area (Å²) in [4.78, 5) is 12.7. The second-order valence-corrected chi connectivity index (χ2v) is 9.69. The van der Waals surface area contributed by atoms with Crippen LogP contribution in [0.5, 0.6) is 0 Å². The van der Waals surface area contributed by atoms with Gasteiger partial charge in [-0.3, -0.25) is 4.40 Å². The highest BCUT2D eigenvalue weighted by Gasteiger charge is 2.46. The number of aliphatic hydroxyl groups is 1. The van der Waals surface area contributed by atoms with Crippen LogP contribution in [-0.2, 0) is 17.8 Å². The largest absolute Gasteiger partial charge is 0.396 e. The minimum absolute atomic E-state index is 0.0814. The van der Waals surface area contributed by atoms with Crippen LogP contribution in [0.1, 0.15) is 56.5 Å². The Morgan fingerprint density at radius 1 is 1.32 bits per heavy atom. The lowest BCUT2D eigenvalue weighted by molar-refractivity contribution is 0.298. The topological polar surface area (TPSA) is 98.5 Å². The van der Waals surface area contributed by atoms with Crippen LogP contribution in [0.25, 0.3) is 16.7 Å². The Morgan fingerprint density at radius 3 is 2.93 bits per heavy atom. The average Bonchev–Trinajstić information content (AvgIpc) is 3.14. The minimum Gasteiger partial charge on any atom is -0.396 e. The van der Waals surface area contributed by atoms with Crippen LogP contribution >= 0.6 is 0 Å². The number of aliphatic hydroxyl groups excluding tert-OH is 1. The molecule has 3 aromatic heterocycles. The first-order chi connectivity index (χ1) is 13.7. The van der Waals surface area contributed by atoms with E-state index in [2.05, 4.69) is 26.0 Å². The molecular formula is C20H28N5O2S+. The van der Waals surface area contributed by atoms with Gasteiger partial charge in [-0.05, 0) is 24.8 Å². The van der Waals surface area contributed by atoms with Crippen LogP contribution in [0.4, 0.5) is 0 Å². The molecule has 4 N–H and O–H groups in total. The summed E-state index contributed by atoms with van der Waals surface area (Å²) in [5.74, 6) is 1.94. The van der Waals surface area contributed by atoms with Crippen molar-refractivity contribution in [3.8, 4) is 0 Å². The van der Waals surface area contributed by atoms with Crippen LogP contribution in [-0.4, -0.2) is 46.9 Å². The lowest BCUT2D eigenvalue weighted by atomic mass is 9.93. The molecule has 7 nitrogen and oxygen atoms in total. The molecule has 0 spiro atoms. The van der Waals surface area contributed by atoms with E-state index in [0.717, 1.165) is 60.3 Å². The quantitative estimate of drug-likeness (QED) is 0.456. The zero-order chi connectivity index (χ0) is 19.3. The van der Waals surface area contributed by atoms with E-state index in [-0.39, 0.29) is 6.61 Å². The van der Waals surface area contributed by atoms with E-state index < -0.39 is 11.4 Å². The summed E-state index contributed by atoms with van der Waals surface area (Å²) >= 11 is -0.655. The fourth-order valence-corrected chi connectivity index (χ4v) is 6.04. The van der Waals surface area contributed by atoms with E-state index in [4.69, 9.17) is 4.98 Å². The lowest BCUT2D eigenvalue weighted by Crippen LogP contribution is -2.35. The highest BCUT2D eigenvalue weighted by molar-refractivity contribution is 7.90. The van der Waals surface area contributed by atoms with Gasteiger partial charge >= 0.3 is 0 Å². The molecule has 5 rings (SSSR count). The summed E-state index contributed by atoms with van der Waals surface area (Å²) in [7, 11) is 0. The molecule has 0 amide bonds. The second-order valence-electron chi connectivity index (χ2n) is 8.16. The number of hydrogen-bond donors (Lipinski definition) is 4. The van der Waals surface area contributed by atoms with Crippen molar-refractivity contribution in [2.45, 2.75) is 62.7 Å². The number of aromatic amines is 1. The Labute approximate surface area is 167 Å². The number of nitrogens with zero attached hydrogens (tertiary/aromatic N) is 3. The van der Waals surface area contributed by atoms with E-state index in [1.54, 1.807) is 0 Å². The van der Waals surface area contributed by atoms with Gasteiger partial charge in [0.05, 0.1) is 29.0 Å². The van der Waals surface area contributed by atoms with Gasteiger partial charge in [0, 0.05) is 38.0 Å². The standard InChI is InChI=1S/C20H28N5O2S/c1-2-12-9-13(24-28(27)14-3-4-14)10-15(12)20-23-16(6-8-26)18-11-22-19-17(25(18)20)5-7-21-19/h5,7,11-15,21,24,26-27H,2-4,6,8-10H2,1H3/q+1/t12-,13+,15+,28?/m1/s1. The predicted molar refractivity (Wildman–Crippen MR) is 111 cm³/mol. The number of nitrogens with one attached hydrogen (secondary N) is 2. The van der Waals surface area contributed by atoms with Gasteiger partial charge in [-0.25, -0.2) is 9.97 Å². The molecule has 4 atom stereocenters. The molecule has 2 aliphatic rings. The van der Waals surface area contributed by atoms with Gasteiger partial charge in [0.1, 0.15) is 5.82 Å². The van der Waals surface area contributed by atoms with Crippen molar-refractivity contribution in [2.75, 3.05) is 6.61 Å². The van der Waals surface area contributed by atoms with Gasteiger partial charge in [0.2, 0.25) is 11.4 Å². The SMILES string of the molecule is CC[C@@H]1C[C@H](N[S+](O)C2CC2)C[C@@H]1c1nc(CCO)c2cnc3[nH]ccc3n12. The number of hydrogen-bond acceptors (Lipinski definition) is 5. The molecule has 0 saturated heterocycles. The first-order valence-electron chi connectivity index (χ1n) is 10.3. The smallest absolute Gasteiger partial charge is 0.238 e. The second kappa shape index (κ2) is 7.33. The maximum Gasteiger partial charge on any atom is 0.238 e. The van der Waals surface area contributed by atoms with Crippen LogP contribution < -0.4 is 4.72 Å². The van der Waals surface area contributed by atoms with Gasteiger partial charge in [-0.2, -0.15) is 4.55 Å². The lowest BCUT2D eigenvalue weighted by Gasteiger charge is -2.16. The molecular weight excluding hydrogens is 374 g/mol. The Balaban J connectivity index is 1.54. The maximum absolute atomic E-state index is 10.4. The summed E-state index contributed by atoms with van der Waals surface area (Å²) in [6, 6.07) is 2.38. The highest BCUT2D eigenvalue weighted by Crippen LogP contribution is 2.43. The summed E-state index contributed by atoms with van der Waals surface area (Å²) in [5, 5.41) is 9.98. The fourth-order valence-electron chi connectivity index (χ4n) is 4.73. The monoisotopic (exact) mass is 402 g/mol. The first-order valence-corrected chi connectivity index (χ1v) is 11.6. The first kappa shape index (κ1) is 18.4. The van der Waals surface area contributed by atoms with Crippen molar-refractivity contribution in [3.05, 3.63) is 30.0 Å². The third kappa shape index (κ3) is 3.12. The van der Waals surface area contributed by atoms with Crippen molar-refractivity contribution in [2.24, 2.45) is 5.92 Å². The summed E-state index contributed by atoms with van der Waals surface area (Å²) in [5.41, 5.74) is 3.80. The van der Waals surface area contributed by atoms with Crippen molar-refractivity contribution in [3.63, 3.8) is 0 Å². The molecule has 2 fully saturated rings. The van der Waals surface area contributed by atoms with Gasteiger partial charge in [0.25, 0.3) is 0 Å². The number of imidazole rings is 1. The van der Waals surface area contributed by atoms with Crippen LogP contribution in [0.15, 0.2) is 18.5 Å². The molecule has 2 aliphatic carbocycles. The molecule has 0 radical (unpaired) electrons. The summed E-state index contributed by atoms with van der Waals surface area (Å²) < 4.78 is 16.1. The van der Waals surface area contributed by atoms with Crippen molar-refractivity contribution in [1.29, 1.82) is 0 Å². The highest BCUT2D eigenvalue weighted by atomic mass is 32.2. The molecule has 2 saturated carbocycles. The number of H-pyrrole nitrogens is 1. The van der Waals surface area contributed by atoms with Gasteiger partial charge < -0.3 is 10.1 Å². The predicted octanol–water partition coefficient (Wildman–Crippen LogP) is 2.78. The third-order valence-electron chi connectivity index (χ3n) is 6.30. The average molecular weight is 403 g/mol. The molecule has 3 aromatic rings. The molecule has 1 unspecified atom stereocenters. The van der Waals surface area contributed by atoms with Gasteiger partial charge in [-0.1, -0.05) is 13.3 Å². The van der Waals surface area contributed by atoms with Crippen LogP contribution in [0, 0.1) is 5.92 Å². The molecule has 8 heteroatoms. The zero-order valence-electron chi connectivity index (χ0n) is 16.1. The Kier molecular flexibility index (Phi) is 4.82. The molecule has 0 aromatic carbocycles. The maximum atomic E-state index is 10.4. The number of fused-ring (bicyclic) bond motifs is 3. The molecule has 3 heterocycles.